The van der Waals surface area contributed by atoms with Crippen molar-refractivity contribution >= 4 is 29.4 Å². The van der Waals surface area contributed by atoms with Gasteiger partial charge in [0.15, 0.2) is 11.6 Å². The van der Waals surface area contributed by atoms with Crippen molar-refractivity contribution in [3.8, 4) is 5.75 Å². The Kier molecular flexibility index (Phi) is 4.53. The van der Waals surface area contributed by atoms with Gasteiger partial charge in [-0.1, -0.05) is 23.8 Å². The maximum Gasteiger partial charge on any atom is 0.328 e. The Morgan fingerprint density at radius 2 is 1.82 bits per heavy atom. The van der Waals surface area contributed by atoms with E-state index in [1.165, 1.54) is 12.1 Å². The molecule has 3 N–H and O–H groups in total. The Bertz CT molecular complexity index is 1280. The van der Waals surface area contributed by atoms with Crippen LogP contribution in [0.4, 0.5) is 4.79 Å². The number of rotatable bonds is 1. The minimum absolute atomic E-state index is 0.105. The number of phenolic OH excluding ortho intramolecular Hbond substituents is 1. The van der Waals surface area contributed by atoms with Crippen LogP contribution in [0.2, 0.25) is 0 Å². The Labute approximate surface area is 189 Å². The van der Waals surface area contributed by atoms with Gasteiger partial charge < -0.3 is 10.8 Å². The van der Waals surface area contributed by atoms with Gasteiger partial charge in [-0.2, -0.15) is 4.90 Å². The van der Waals surface area contributed by atoms with Gasteiger partial charge in [0.25, 0.3) is 0 Å². The van der Waals surface area contributed by atoms with Crippen molar-refractivity contribution in [2.75, 3.05) is 0 Å². The summed E-state index contributed by atoms with van der Waals surface area (Å²) in [4.78, 5) is 64.4. The molecule has 4 atom stereocenters. The van der Waals surface area contributed by atoms with Gasteiger partial charge in [-0.05, 0) is 55.9 Å². The number of phenols is 1. The molecule has 1 aromatic rings. The van der Waals surface area contributed by atoms with E-state index < -0.39 is 41.5 Å². The normalized spacial score (nSPS) is 28.8. The Balaban J connectivity index is 1.70. The van der Waals surface area contributed by atoms with E-state index in [1.54, 1.807) is 26.0 Å². The molecule has 4 aliphatic rings. The first-order valence-electron chi connectivity index (χ1n) is 10.8. The van der Waals surface area contributed by atoms with E-state index in [-0.39, 0.29) is 30.2 Å². The summed E-state index contributed by atoms with van der Waals surface area (Å²) in [5.41, 5.74) is 8.47. The van der Waals surface area contributed by atoms with E-state index in [9.17, 15) is 29.1 Å². The zero-order valence-corrected chi connectivity index (χ0v) is 18.1. The van der Waals surface area contributed by atoms with Crippen LogP contribution in [0.15, 0.2) is 52.6 Å². The van der Waals surface area contributed by atoms with Gasteiger partial charge in [0.1, 0.15) is 5.75 Å². The maximum absolute atomic E-state index is 13.3. The number of nitrogens with two attached hydrogens (primary N) is 1. The minimum atomic E-state index is -1.11. The van der Waals surface area contributed by atoms with Crippen molar-refractivity contribution < 1.29 is 29.1 Å². The van der Waals surface area contributed by atoms with Crippen LogP contribution < -0.4 is 5.73 Å². The van der Waals surface area contributed by atoms with Gasteiger partial charge in [0.05, 0.1) is 11.8 Å². The number of carbonyl (C=O) groups excluding carboxylic acids is 5. The Morgan fingerprint density at radius 3 is 2.48 bits per heavy atom. The fourth-order valence-electron chi connectivity index (χ4n) is 5.82. The quantitative estimate of drug-likeness (QED) is 0.386. The summed E-state index contributed by atoms with van der Waals surface area (Å²) < 4.78 is 0. The van der Waals surface area contributed by atoms with Crippen molar-refractivity contribution in [2.45, 2.75) is 32.6 Å². The van der Waals surface area contributed by atoms with Crippen molar-refractivity contribution in [3.05, 3.63) is 63.8 Å². The summed E-state index contributed by atoms with van der Waals surface area (Å²) in [5.74, 6) is -4.35. The lowest BCUT2D eigenvalue weighted by Gasteiger charge is -2.42. The molecule has 8 heteroatoms. The number of hydrogen-bond donors (Lipinski definition) is 2. The number of Topliss-reactive ketones (excluding diaryl/α,β-unsaturated/α-hetero) is 1. The van der Waals surface area contributed by atoms with E-state index in [0.717, 1.165) is 5.57 Å². The molecule has 0 spiro atoms. The molecular weight excluding hydrogens is 424 g/mol. The summed E-state index contributed by atoms with van der Waals surface area (Å²) >= 11 is 0. The summed E-state index contributed by atoms with van der Waals surface area (Å²) in [6.45, 7) is 3.34. The lowest BCUT2D eigenvalue weighted by Crippen LogP contribution is -2.42. The fraction of sp³-hybridized carbons (Fsp3) is 0.320. The number of nitrogens with zero attached hydrogens (tertiary/aromatic N) is 1. The highest BCUT2D eigenvalue weighted by atomic mass is 16.3. The fourth-order valence-corrected chi connectivity index (χ4v) is 5.82. The molecule has 5 rings (SSSR count). The first kappa shape index (κ1) is 21.1. The van der Waals surface area contributed by atoms with Gasteiger partial charge in [-0.3, -0.25) is 19.2 Å². The van der Waals surface area contributed by atoms with Gasteiger partial charge in [-0.15, -0.1) is 0 Å². The van der Waals surface area contributed by atoms with Crippen molar-refractivity contribution in [2.24, 2.45) is 23.5 Å². The lowest BCUT2D eigenvalue weighted by molar-refractivity contribution is -0.136. The van der Waals surface area contributed by atoms with Crippen LogP contribution in [0, 0.1) is 24.7 Å². The molecular formula is C25H22N2O6. The third-order valence-electron chi connectivity index (χ3n) is 7.34. The molecule has 1 fully saturated rings. The molecule has 0 aromatic heterocycles. The average Bonchev–Trinajstić information content (AvgIpc) is 3.03. The number of aryl methyl sites for hydroxylation is 1. The van der Waals surface area contributed by atoms with Gasteiger partial charge in [0.2, 0.25) is 11.8 Å². The summed E-state index contributed by atoms with van der Waals surface area (Å²) in [6, 6.07) is 3.90. The van der Waals surface area contributed by atoms with Gasteiger partial charge >= 0.3 is 6.03 Å². The Morgan fingerprint density at radius 1 is 1.09 bits per heavy atom. The third kappa shape index (κ3) is 2.86. The van der Waals surface area contributed by atoms with Crippen molar-refractivity contribution in [3.63, 3.8) is 0 Å². The summed E-state index contributed by atoms with van der Waals surface area (Å²) in [5, 5.41) is 10.0. The predicted octanol–water partition coefficient (Wildman–Crippen LogP) is 2.21. The first-order valence-corrected chi connectivity index (χ1v) is 10.8. The number of hydrogen-bond acceptors (Lipinski definition) is 6. The molecule has 4 amide bonds. The molecule has 0 bridgehead atoms. The number of imide groups is 3. The number of allylic oxidation sites excluding steroid dienone is 6. The Hall–Kier alpha value is -3.81. The van der Waals surface area contributed by atoms with Crippen LogP contribution in [0.3, 0.4) is 0 Å². The molecule has 0 saturated carbocycles. The van der Waals surface area contributed by atoms with Crippen LogP contribution in [0.5, 0.6) is 5.75 Å². The zero-order chi connectivity index (χ0) is 23.8. The third-order valence-corrected chi connectivity index (χ3v) is 7.34. The van der Waals surface area contributed by atoms with Crippen LogP contribution in [-0.4, -0.2) is 39.4 Å². The number of amides is 4. The van der Waals surface area contributed by atoms with Crippen LogP contribution >= 0.6 is 0 Å². The van der Waals surface area contributed by atoms with E-state index in [0.29, 0.717) is 32.7 Å². The molecule has 1 aliphatic heterocycles. The zero-order valence-electron chi connectivity index (χ0n) is 18.1. The minimum Gasteiger partial charge on any atom is -0.508 e. The van der Waals surface area contributed by atoms with Crippen molar-refractivity contribution in [1.82, 2.24) is 4.90 Å². The maximum atomic E-state index is 13.3. The molecule has 3 aliphatic carbocycles. The van der Waals surface area contributed by atoms with E-state index in [1.807, 2.05) is 6.08 Å². The van der Waals surface area contributed by atoms with Crippen LogP contribution in [0.25, 0.3) is 0 Å². The summed E-state index contributed by atoms with van der Waals surface area (Å²) in [7, 11) is 0. The van der Waals surface area contributed by atoms with Crippen molar-refractivity contribution in [1.29, 1.82) is 0 Å². The van der Waals surface area contributed by atoms with E-state index in [2.05, 4.69) is 0 Å². The van der Waals surface area contributed by atoms with Crippen LogP contribution in [-0.2, 0) is 19.2 Å². The number of likely N-dealkylation sites (tertiary alicyclic amines) is 1. The lowest BCUT2D eigenvalue weighted by atomic mass is 9.59. The largest absolute Gasteiger partial charge is 0.508 e. The molecule has 1 saturated heterocycles. The van der Waals surface area contributed by atoms with E-state index >= 15 is 0 Å². The molecule has 168 valence electrons. The number of fused-ring (bicyclic) bond motifs is 3. The standard InChI is InChI=1S/C25H22N2O6/c1-10-7-12(3-6-17(10)28)19-13-4-5-14-20(24(32)27(23(14)31)25(26)33)15(13)9-16-18(29)8-11(2)22(30)21(16)19/h3-4,6-8,14-15,19-20,28H,5,9H2,1-2H3,(H2,26,33)/t14-,15+,19-,20-/m0/s1. The van der Waals surface area contributed by atoms with Gasteiger partial charge in [0, 0.05) is 22.6 Å². The first-order chi connectivity index (χ1) is 15.6. The molecule has 8 nitrogen and oxygen atoms in total. The number of aromatic hydroxyl groups is 1. The highest BCUT2D eigenvalue weighted by Gasteiger charge is 2.57. The SMILES string of the molecule is CC1=CC(=O)C2=C(C1=O)[C@@H](c1ccc(O)c(C)c1)C1=CC[C@@H]3C(=O)N(C(N)=O)C(=O)[C@@H]3[C@@H]1C2. The molecule has 0 unspecified atom stereocenters. The number of ketones is 2. The molecule has 0 radical (unpaired) electrons. The number of benzene rings is 1. The number of carbonyl (C=O) groups is 5. The smallest absolute Gasteiger partial charge is 0.328 e. The topological polar surface area (TPSA) is 135 Å². The number of primary amides is 1. The molecule has 1 heterocycles. The monoisotopic (exact) mass is 446 g/mol. The van der Waals surface area contributed by atoms with E-state index in [4.69, 9.17) is 5.73 Å². The second-order valence-electron chi connectivity index (χ2n) is 9.12. The predicted molar refractivity (Wildman–Crippen MR) is 116 cm³/mol. The number of urea groups is 1. The van der Waals surface area contributed by atoms with Gasteiger partial charge in [-0.25, -0.2) is 4.79 Å². The highest BCUT2D eigenvalue weighted by Crippen LogP contribution is 2.55. The summed E-state index contributed by atoms with van der Waals surface area (Å²) in [6.07, 6.45) is 3.55. The molecule has 33 heavy (non-hydrogen) atoms. The highest BCUT2D eigenvalue weighted by molar-refractivity contribution is 6.24. The van der Waals surface area contributed by atoms with Crippen LogP contribution in [0.1, 0.15) is 36.8 Å². The second kappa shape index (κ2) is 7.10. The second-order valence-corrected chi connectivity index (χ2v) is 9.12. The average molecular weight is 446 g/mol. The molecule has 1 aromatic carbocycles.